The molecular formula is C25H28N6O. The Morgan fingerprint density at radius 2 is 2.09 bits per heavy atom. The van der Waals surface area contributed by atoms with E-state index in [1.54, 1.807) is 6.21 Å². The topological polar surface area (TPSA) is 92.4 Å². The Bertz CT molecular complexity index is 1330. The molecule has 0 saturated heterocycles. The van der Waals surface area contributed by atoms with Crippen molar-refractivity contribution < 1.29 is 4.74 Å². The van der Waals surface area contributed by atoms with Crippen LogP contribution in [-0.4, -0.2) is 28.2 Å². The predicted octanol–water partition coefficient (Wildman–Crippen LogP) is 4.23. The van der Waals surface area contributed by atoms with Crippen molar-refractivity contribution in [3.8, 4) is 5.75 Å². The molecule has 7 nitrogen and oxygen atoms in total. The number of aromatic amines is 1. The van der Waals surface area contributed by atoms with Gasteiger partial charge in [-0.25, -0.2) is 0 Å². The van der Waals surface area contributed by atoms with Gasteiger partial charge in [0.25, 0.3) is 0 Å². The van der Waals surface area contributed by atoms with Crippen LogP contribution < -0.4 is 21.1 Å². The molecule has 1 aliphatic heterocycles. The van der Waals surface area contributed by atoms with Gasteiger partial charge in [-0.05, 0) is 66.8 Å². The number of H-pyrrole nitrogens is 1. The Hall–Kier alpha value is -3.71. The van der Waals surface area contributed by atoms with Crippen LogP contribution in [-0.2, 0) is 13.5 Å². The highest BCUT2D eigenvalue weighted by Gasteiger charge is 2.26. The largest absolute Gasteiger partial charge is 0.494 e. The summed E-state index contributed by atoms with van der Waals surface area (Å²) in [7, 11) is 2.05. The molecule has 32 heavy (non-hydrogen) atoms. The first kappa shape index (κ1) is 20.2. The number of rotatable bonds is 7. The standard InChI is InChI=1S/C25H28N6O/c1-3-32-20-6-7-22-21(15-20)18(16-27-22)8-11-25(26)28-12-9-24(30-25)29-19-5-4-17-10-13-31(2)23(17)14-19/h4-7,9-10,12-16,27,29-30H,3,8,11,26H2,1-2H3. The third-order valence-electron chi connectivity index (χ3n) is 5.89. The first-order chi connectivity index (χ1) is 15.5. The van der Waals surface area contributed by atoms with Crippen LogP contribution >= 0.6 is 0 Å². The lowest BCUT2D eigenvalue weighted by atomic mass is 10.0. The van der Waals surface area contributed by atoms with Crippen molar-refractivity contribution in [1.82, 2.24) is 14.9 Å². The maximum atomic E-state index is 6.61. The van der Waals surface area contributed by atoms with Crippen LogP contribution in [0.5, 0.6) is 5.75 Å². The van der Waals surface area contributed by atoms with E-state index in [-0.39, 0.29) is 0 Å². The highest BCUT2D eigenvalue weighted by atomic mass is 16.5. The van der Waals surface area contributed by atoms with Gasteiger partial charge in [0.1, 0.15) is 11.6 Å². The number of allylic oxidation sites excluding steroid dienone is 1. The molecule has 1 unspecified atom stereocenters. The van der Waals surface area contributed by atoms with E-state index in [9.17, 15) is 0 Å². The second-order valence-corrected chi connectivity index (χ2v) is 8.19. The van der Waals surface area contributed by atoms with Crippen LogP contribution in [0.3, 0.4) is 0 Å². The van der Waals surface area contributed by atoms with E-state index in [2.05, 4.69) is 61.7 Å². The first-order valence-corrected chi connectivity index (χ1v) is 10.9. The number of fused-ring (bicyclic) bond motifs is 2. The second kappa shape index (κ2) is 8.09. The summed E-state index contributed by atoms with van der Waals surface area (Å²) in [6.45, 7) is 2.64. The number of ether oxygens (including phenoxy) is 1. The number of benzene rings is 2. The number of anilines is 1. The molecule has 2 aromatic heterocycles. The summed E-state index contributed by atoms with van der Waals surface area (Å²) in [4.78, 5) is 7.86. The Morgan fingerprint density at radius 1 is 1.19 bits per heavy atom. The maximum absolute atomic E-state index is 6.61. The molecule has 0 amide bonds. The number of aromatic nitrogens is 2. The van der Waals surface area contributed by atoms with Crippen LogP contribution in [0.4, 0.5) is 5.69 Å². The third kappa shape index (κ3) is 3.94. The van der Waals surface area contributed by atoms with Gasteiger partial charge in [0, 0.05) is 54.2 Å². The highest BCUT2D eigenvalue weighted by molar-refractivity contribution is 5.85. The summed E-state index contributed by atoms with van der Waals surface area (Å²) in [5.41, 5.74) is 11.1. The zero-order valence-corrected chi connectivity index (χ0v) is 18.4. The molecule has 164 valence electrons. The molecule has 4 aromatic rings. The molecule has 0 radical (unpaired) electrons. The van der Waals surface area contributed by atoms with Crippen molar-refractivity contribution in [2.24, 2.45) is 17.8 Å². The average molecular weight is 429 g/mol. The lowest BCUT2D eigenvalue weighted by Gasteiger charge is -2.31. The minimum Gasteiger partial charge on any atom is -0.494 e. The lowest BCUT2D eigenvalue weighted by Crippen LogP contribution is -2.54. The van der Waals surface area contributed by atoms with Gasteiger partial charge in [-0.2, -0.15) is 0 Å². The summed E-state index contributed by atoms with van der Waals surface area (Å²) in [6.07, 6.45) is 9.19. The summed E-state index contributed by atoms with van der Waals surface area (Å²) >= 11 is 0. The fourth-order valence-electron chi connectivity index (χ4n) is 4.19. The number of hydrogen-bond acceptors (Lipinski definition) is 5. The minimum absolute atomic E-state index is 0.644. The number of nitrogens with one attached hydrogen (secondary N) is 3. The fourth-order valence-corrected chi connectivity index (χ4v) is 4.19. The van der Waals surface area contributed by atoms with Gasteiger partial charge in [-0.3, -0.25) is 10.7 Å². The zero-order valence-electron chi connectivity index (χ0n) is 18.4. The molecule has 2 aromatic carbocycles. The van der Waals surface area contributed by atoms with E-state index in [0.717, 1.165) is 34.6 Å². The van der Waals surface area contributed by atoms with Crippen LogP contribution in [0.2, 0.25) is 0 Å². The van der Waals surface area contributed by atoms with Crippen LogP contribution in [0.15, 0.2) is 71.7 Å². The molecule has 0 bridgehead atoms. The third-order valence-corrected chi connectivity index (χ3v) is 5.89. The van der Waals surface area contributed by atoms with E-state index in [0.29, 0.717) is 13.0 Å². The highest BCUT2D eigenvalue weighted by Crippen LogP contribution is 2.27. The van der Waals surface area contributed by atoms with E-state index in [1.807, 2.05) is 38.4 Å². The molecule has 1 atom stereocenters. The summed E-state index contributed by atoms with van der Waals surface area (Å²) in [5.74, 6) is 0.822. The number of nitrogens with two attached hydrogens (primary N) is 1. The van der Waals surface area contributed by atoms with Crippen LogP contribution in [0, 0.1) is 0 Å². The number of nitrogens with zero attached hydrogens (tertiary/aromatic N) is 2. The molecule has 5 rings (SSSR count). The van der Waals surface area contributed by atoms with Crippen molar-refractivity contribution in [3.63, 3.8) is 0 Å². The van der Waals surface area contributed by atoms with E-state index in [4.69, 9.17) is 10.5 Å². The van der Waals surface area contributed by atoms with Crippen LogP contribution in [0.1, 0.15) is 18.9 Å². The van der Waals surface area contributed by atoms with Gasteiger partial charge < -0.3 is 24.9 Å². The monoisotopic (exact) mass is 428 g/mol. The summed E-state index contributed by atoms with van der Waals surface area (Å²) in [6, 6.07) is 14.5. The number of hydrogen-bond donors (Lipinski definition) is 4. The van der Waals surface area contributed by atoms with Gasteiger partial charge in [-0.15, -0.1) is 0 Å². The van der Waals surface area contributed by atoms with Gasteiger partial charge in [-0.1, -0.05) is 6.07 Å². The molecule has 0 fully saturated rings. The van der Waals surface area contributed by atoms with Crippen molar-refractivity contribution in [3.05, 3.63) is 72.3 Å². The first-order valence-electron chi connectivity index (χ1n) is 10.9. The van der Waals surface area contributed by atoms with E-state index in [1.165, 1.54) is 16.5 Å². The maximum Gasteiger partial charge on any atom is 0.183 e. The summed E-state index contributed by atoms with van der Waals surface area (Å²) in [5, 5.41) is 9.17. The normalized spacial score (nSPS) is 18.0. The van der Waals surface area contributed by atoms with Gasteiger partial charge in [0.2, 0.25) is 0 Å². The smallest absolute Gasteiger partial charge is 0.183 e. The fraction of sp³-hybridized carbons (Fsp3) is 0.240. The molecule has 0 spiro atoms. The average Bonchev–Trinajstić information content (AvgIpc) is 3.36. The lowest BCUT2D eigenvalue weighted by molar-refractivity contribution is 0.340. The van der Waals surface area contributed by atoms with Crippen molar-refractivity contribution in [2.75, 3.05) is 11.9 Å². The Morgan fingerprint density at radius 3 is 2.97 bits per heavy atom. The molecule has 5 N–H and O–H groups in total. The molecule has 0 saturated carbocycles. The minimum atomic E-state index is -0.882. The van der Waals surface area contributed by atoms with Gasteiger partial charge in [0.05, 0.1) is 6.61 Å². The SMILES string of the molecule is CCOc1ccc2[nH]cc(CCC3(N)N=CC=C(Nc4ccc5ccn(C)c5c4)N3)c2c1. The molecule has 7 heteroatoms. The predicted molar refractivity (Wildman–Crippen MR) is 131 cm³/mol. The van der Waals surface area contributed by atoms with E-state index >= 15 is 0 Å². The molecule has 0 aliphatic carbocycles. The molecular weight excluding hydrogens is 400 g/mol. The Labute approximate surface area is 187 Å². The molecule has 1 aliphatic rings. The quantitative estimate of drug-likeness (QED) is 0.354. The van der Waals surface area contributed by atoms with Crippen molar-refractivity contribution >= 4 is 33.7 Å². The summed E-state index contributed by atoms with van der Waals surface area (Å²) < 4.78 is 7.77. The van der Waals surface area contributed by atoms with Crippen molar-refractivity contribution in [2.45, 2.75) is 25.6 Å². The van der Waals surface area contributed by atoms with Crippen molar-refractivity contribution in [1.29, 1.82) is 0 Å². The second-order valence-electron chi connectivity index (χ2n) is 8.19. The van der Waals surface area contributed by atoms with Gasteiger partial charge >= 0.3 is 0 Å². The number of aliphatic imine (C=N–C) groups is 1. The zero-order chi connectivity index (χ0) is 22.1. The molecule has 3 heterocycles. The Kier molecular flexibility index (Phi) is 5.11. The Balaban J connectivity index is 1.28. The van der Waals surface area contributed by atoms with Gasteiger partial charge in [0.15, 0.2) is 5.79 Å². The number of aryl methyl sites for hydroxylation is 2. The van der Waals surface area contributed by atoms with E-state index < -0.39 is 5.79 Å². The van der Waals surface area contributed by atoms with Crippen LogP contribution in [0.25, 0.3) is 21.8 Å².